The molecule has 2 rings (SSSR count). The van der Waals surface area contributed by atoms with E-state index in [2.05, 4.69) is 15.5 Å². The summed E-state index contributed by atoms with van der Waals surface area (Å²) in [5, 5.41) is 12.1. The lowest BCUT2D eigenvalue weighted by Gasteiger charge is -2.16. The Labute approximate surface area is 129 Å². The molecule has 2 unspecified atom stereocenters. The maximum atomic E-state index is 12.3. The van der Waals surface area contributed by atoms with Gasteiger partial charge in [0.05, 0.1) is 22.5 Å². The van der Waals surface area contributed by atoms with Gasteiger partial charge in [-0.15, -0.1) is 0 Å². The summed E-state index contributed by atoms with van der Waals surface area (Å²) in [4.78, 5) is 12.3. The SMILES string of the molecule is CCn1ccc(C(C)NC(=O)C(C)n2cc(Cl)c(C)n2)n1. The molecule has 6 nitrogen and oxygen atoms in total. The Balaban J connectivity index is 2.03. The van der Waals surface area contributed by atoms with Crippen LogP contribution in [0.15, 0.2) is 18.5 Å². The minimum Gasteiger partial charge on any atom is -0.346 e. The van der Waals surface area contributed by atoms with Gasteiger partial charge in [0.25, 0.3) is 0 Å². The number of aryl methyl sites for hydroxylation is 2. The van der Waals surface area contributed by atoms with Crippen LogP contribution < -0.4 is 5.32 Å². The van der Waals surface area contributed by atoms with Gasteiger partial charge >= 0.3 is 0 Å². The lowest BCUT2D eigenvalue weighted by Crippen LogP contribution is -2.33. The van der Waals surface area contributed by atoms with Crippen molar-refractivity contribution >= 4 is 17.5 Å². The predicted octanol–water partition coefficient (Wildman–Crippen LogP) is 2.50. The van der Waals surface area contributed by atoms with E-state index >= 15 is 0 Å². The summed E-state index contributed by atoms with van der Waals surface area (Å²) in [5.41, 5.74) is 1.55. The van der Waals surface area contributed by atoms with Gasteiger partial charge in [0.1, 0.15) is 6.04 Å². The average molecular weight is 310 g/mol. The summed E-state index contributed by atoms with van der Waals surface area (Å²) in [7, 11) is 0. The summed E-state index contributed by atoms with van der Waals surface area (Å²) in [6, 6.07) is 1.33. The third-order valence-corrected chi connectivity index (χ3v) is 3.79. The van der Waals surface area contributed by atoms with E-state index in [4.69, 9.17) is 11.6 Å². The Bertz CT molecular complexity index is 614. The lowest BCUT2D eigenvalue weighted by molar-refractivity contribution is -0.124. The van der Waals surface area contributed by atoms with E-state index in [1.165, 1.54) is 0 Å². The summed E-state index contributed by atoms with van der Waals surface area (Å²) >= 11 is 5.97. The molecule has 1 N–H and O–H groups in total. The molecular formula is C14H20ClN5O. The number of nitrogens with zero attached hydrogens (tertiary/aromatic N) is 4. The smallest absolute Gasteiger partial charge is 0.245 e. The lowest BCUT2D eigenvalue weighted by atomic mass is 10.2. The molecule has 0 saturated heterocycles. The fourth-order valence-electron chi connectivity index (χ4n) is 1.97. The minimum atomic E-state index is -0.424. The van der Waals surface area contributed by atoms with E-state index in [1.54, 1.807) is 17.8 Å². The van der Waals surface area contributed by atoms with Gasteiger partial charge in [-0.05, 0) is 33.8 Å². The van der Waals surface area contributed by atoms with Crippen LogP contribution in [0.4, 0.5) is 0 Å². The van der Waals surface area contributed by atoms with Crippen LogP contribution in [0, 0.1) is 6.92 Å². The van der Waals surface area contributed by atoms with E-state index in [9.17, 15) is 4.79 Å². The molecule has 114 valence electrons. The highest BCUT2D eigenvalue weighted by molar-refractivity contribution is 6.31. The first-order chi connectivity index (χ1) is 9.92. The van der Waals surface area contributed by atoms with Crippen LogP contribution in [0.25, 0.3) is 0 Å². The Hall–Kier alpha value is -1.82. The highest BCUT2D eigenvalue weighted by Crippen LogP contribution is 2.17. The van der Waals surface area contributed by atoms with Crippen LogP contribution in [0.1, 0.15) is 44.2 Å². The van der Waals surface area contributed by atoms with Crippen molar-refractivity contribution in [3.05, 3.63) is 34.9 Å². The molecule has 0 aromatic carbocycles. The Morgan fingerprint density at radius 3 is 2.67 bits per heavy atom. The standard InChI is InChI=1S/C14H20ClN5O/c1-5-19-7-6-13(18-19)10(3)16-14(21)11(4)20-8-12(15)9(2)17-20/h6-8,10-11H,5H2,1-4H3,(H,16,21). The number of hydrogen-bond acceptors (Lipinski definition) is 3. The number of hydrogen-bond donors (Lipinski definition) is 1. The van der Waals surface area contributed by atoms with Crippen LogP contribution in [0.3, 0.4) is 0 Å². The molecule has 2 aromatic rings. The molecular weight excluding hydrogens is 290 g/mol. The fraction of sp³-hybridized carbons (Fsp3) is 0.500. The summed E-state index contributed by atoms with van der Waals surface area (Å²) < 4.78 is 3.41. The van der Waals surface area contributed by atoms with Crippen molar-refractivity contribution in [1.82, 2.24) is 24.9 Å². The molecule has 0 fully saturated rings. The maximum absolute atomic E-state index is 12.3. The molecule has 7 heteroatoms. The highest BCUT2D eigenvalue weighted by Gasteiger charge is 2.20. The van der Waals surface area contributed by atoms with Crippen molar-refractivity contribution in [2.45, 2.75) is 46.3 Å². The van der Waals surface area contributed by atoms with Crippen LogP contribution in [-0.4, -0.2) is 25.5 Å². The van der Waals surface area contributed by atoms with Gasteiger partial charge in [0, 0.05) is 18.9 Å². The van der Waals surface area contributed by atoms with Gasteiger partial charge in [0.15, 0.2) is 0 Å². The maximum Gasteiger partial charge on any atom is 0.245 e. The first-order valence-corrected chi connectivity index (χ1v) is 7.35. The molecule has 21 heavy (non-hydrogen) atoms. The predicted molar refractivity (Wildman–Crippen MR) is 81.1 cm³/mol. The molecule has 0 bridgehead atoms. The Morgan fingerprint density at radius 2 is 2.14 bits per heavy atom. The van der Waals surface area contributed by atoms with E-state index in [1.807, 2.05) is 37.7 Å². The Kier molecular flexibility index (Phi) is 4.67. The minimum absolute atomic E-state index is 0.118. The molecule has 0 saturated carbocycles. The van der Waals surface area contributed by atoms with Crippen molar-refractivity contribution in [2.24, 2.45) is 0 Å². The molecule has 0 aliphatic rings. The third kappa shape index (κ3) is 3.44. The molecule has 2 atom stereocenters. The van der Waals surface area contributed by atoms with E-state index < -0.39 is 6.04 Å². The first kappa shape index (κ1) is 15.6. The summed E-state index contributed by atoms with van der Waals surface area (Å²) in [6.45, 7) is 8.33. The monoisotopic (exact) mass is 309 g/mol. The second kappa shape index (κ2) is 6.30. The van der Waals surface area contributed by atoms with Crippen molar-refractivity contribution in [1.29, 1.82) is 0 Å². The summed E-state index contributed by atoms with van der Waals surface area (Å²) in [5.74, 6) is -0.118. The third-order valence-electron chi connectivity index (χ3n) is 3.42. The van der Waals surface area contributed by atoms with Gasteiger partial charge < -0.3 is 5.32 Å². The highest BCUT2D eigenvalue weighted by atomic mass is 35.5. The molecule has 0 aliphatic heterocycles. The second-order valence-electron chi connectivity index (χ2n) is 5.05. The van der Waals surface area contributed by atoms with Gasteiger partial charge in [-0.2, -0.15) is 10.2 Å². The van der Waals surface area contributed by atoms with Crippen LogP contribution in [-0.2, 0) is 11.3 Å². The molecule has 2 aromatic heterocycles. The van der Waals surface area contributed by atoms with Crippen LogP contribution >= 0.6 is 11.6 Å². The van der Waals surface area contributed by atoms with Gasteiger partial charge in [-0.3, -0.25) is 14.2 Å². The molecule has 0 radical (unpaired) electrons. The van der Waals surface area contributed by atoms with Crippen LogP contribution in [0.2, 0.25) is 5.02 Å². The quantitative estimate of drug-likeness (QED) is 0.923. The van der Waals surface area contributed by atoms with E-state index in [-0.39, 0.29) is 11.9 Å². The first-order valence-electron chi connectivity index (χ1n) is 6.97. The van der Waals surface area contributed by atoms with Crippen molar-refractivity contribution in [3.63, 3.8) is 0 Å². The van der Waals surface area contributed by atoms with E-state index in [0.717, 1.165) is 12.2 Å². The summed E-state index contributed by atoms with van der Waals surface area (Å²) in [6.07, 6.45) is 3.57. The zero-order valence-corrected chi connectivity index (χ0v) is 13.4. The largest absolute Gasteiger partial charge is 0.346 e. The zero-order chi connectivity index (χ0) is 15.6. The van der Waals surface area contributed by atoms with E-state index in [0.29, 0.717) is 10.7 Å². The number of rotatable bonds is 5. The topological polar surface area (TPSA) is 64.7 Å². The average Bonchev–Trinajstić information content (AvgIpc) is 3.05. The second-order valence-corrected chi connectivity index (χ2v) is 5.45. The number of carbonyl (C=O) groups excluding carboxylic acids is 1. The fourth-order valence-corrected chi connectivity index (χ4v) is 2.11. The molecule has 0 aliphatic carbocycles. The van der Waals surface area contributed by atoms with Crippen molar-refractivity contribution in [3.8, 4) is 0 Å². The number of amides is 1. The van der Waals surface area contributed by atoms with Gasteiger partial charge in [-0.1, -0.05) is 11.6 Å². The molecule has 1 amide bonds. The molecule has 0 spiro atoms. The normalized spacial score (nSPS) is 14.0. The number of carbonyl (C=O) groups is 1. The number of halogens is 1. The van der Waals surface area contributed by atoms with Crippen molar-refractivity contribution < 1.29 is 4.79 Å². The number of nitrogens with one attached hydrogen (secondary N) is 1. The van der Waals surface area contributed by atoms with Gasteiger partial charge in [0.2, 0.25) is 5.91 Å². The number of aromatic nitrogens is 4. The van der Waals surface area contributed by atoms with Crippen LogP contribution in [0.5, 0.6) is 0 Å². The molecule has 2 heterocycles. The van der Waals surface area contributed by atoms with Gasteiger partial charge in [-0.25, -0.2) is 0 Å². The van der Waals surface area contributed by atoms with Crippen molar-refractivity contribution in [2.75, 3.05) is 0 Å². The zero-order valence-electron chi connectivity index (χ0n) is 12.7. The Morgan fingerprint density at radius 1 is 1.43 bits per heavy atom.